The number of carbonyl (C=O) groups is 1. The first-order valence-corrected chi connectivity index (χ1v) is 6.63. The summed E-state index contributed by atoms with van der Waals surface area (Å²) < 4.78 is 0. The van der Waals surface area contributed by atoms with Gasteiger partial charge in [-0.1, -0.05) is 13.8 Å². The standard InChI is InChI=1S/C13H18OS/c1-9(2)7-11(14)13-8-10-5-3-4-6-12(10)15-13/h8-9H,3-7H2,1-2H3. The van der Waals surface area contributed by atoms with Gasteiger partial charge >= 0.3 is 0 Å². The average Bonchev–Trinajstić information content (AvgIpc) is 2.59. The Bertz CT molecular complexity index is 339. The third-order valence-corrected chi connectivity index (χ3v) is 4.14. The van der Waals surface area contributed by atoms with E-state index in [2.05, 4.69) is 19.9 Å². The molecular weight excluding hydrogens is 204 g/mol. The van der Waals surface area contributed by atoms with Crippen molar-refractivity contribution >= 4 is 17.1 Å². The number of thiophene rings is 1. The Balaban J connectivity index is 2.15. The predicted octanol–water partition coefficient (Wildman–Crippen LogP) is 3.86. The summed E-state index contributed by atoms with van der Waals surface area (Å²) in [5.74, 6) is 0.807. The number of rotatable bonds is 3. The van der Waals surface area contributed by atoms with Crippen molar-refractivity contribution in [3.05, 3.63) is 21.4 Å². The van der Waals surface area contributed by atoms with Gasteiger partial charge in [-0.05, 0) is 43.2 Å². The van der Waals surface area contributed by atoms with E-state index in [9.17, 15) is 4.79 Å². The fraction of sp³-hybridized carbons (Fsp3) is 0.615. The number of fused-ring (bicyclic) bond motifs is 1. The van der Waals surface area contributed by atoms with Gasteiger partial charge in [0.05, 0.1) is 4.88 Å². The van der Waals surface area contributed by atoms with E-state index >= 15 is 0 Å². The summed E-state index contributed by atoms with van der Waals surface area (Å²) in [6.07, 6.45) is 5.65. The number of aryl methyl sites for hydroxylation is 2. The van der Waals surface area contributed by atoms with E-state index in [1.165, 1.54) is 36.1 Å². The lowest BCUT2D eigenvalue weighted by Crippen LogP contribution is -2.00. The Morgan fingerprint density at radius 1 is 1.40 bits per heavy atom. The molecule has 0 saturated carbocycles. The molecule has 1 aliphatic rings. The van der Waals surface area contributed by atoms with E-state index < -0.39 is 0 Å². The molecule has 0 unspecified atom stereocenters. The second kappa shape index (κ2) is 4.48. The molecule has 1 aromatic rings. The maximum Gasteiger partial charge on any atom is 0.173 e. The lowest BCUT2D eigenvalue weighted by Gasteiger charge is -2.08. The predicted molar refractivity (Wildman–Crippen MR) is 64.7 cm³/mol. The van der Waals surface area contributed by atoms with Crippen molar-refractivity contribution in [2.45, 2.75) is 46.0 Å². The molecule has 0 amide bonds. The first-order chi connectivity index (χ1) is 7.16. The Hall–Kier alpha value is -0.630. The molecular formula is C13H18OS. The van der Waals surface area contributed by atoms with Gasteiger partial charge in [0.25, 0.3) is 0 Å². The molecule has 15 heavy (non-hydrogen) atoms. The van der Waals surface area contributed by atoms with E-state index in [0.717, 1.165) is 4.88 Å². The summed E-state index contributed by atoms with van der Waals surface area (Å²) in [6.45, 7) is 4.21. The maximum absolute atomic E-state index is 11.9. The Kier molecular flexibility index (Phi) is 3.25. The molecule has 0 aliphatic heterocycles. The van der Waals surface area contributed by atoms with Crippen LogP contribution in [-0.2, 0) is 12.8 Å². The molecule has 1 aliphatic carbocycles. The van der Waals surface area contributed by atoms with Crippen LogP contribution in [0.5, 0.6) is 0 Å². The number of ketones is 1. The van der Waals surface area contributed by atoms with E-state index in [1.54, 1.807) is 11.3 Å². The Morgan fingerprint density at radius 2 is 2.13 bits per heavy atom. The summed E-state index contributed by atoms with van der Waals surface area (Å²) in [7, 11) is 0. The molecule has 0 atom stereocenters. The molecule has 1 aromatic heterocycles. The lowest BCUT2D eigenvalue weighted by molar-refractivity contribution is 0.0972. The highest BCUT2D eigenvalue weighted by Gasteiger charge is 2.17. The van der Waals surface area contributed by atoms with Crippen LogP contribution in [0.2, 0.25) is 0 Å². The molecule has 2 rings (SSSR count). The zero-order chi connectivity index (χ0) is 10.8. The summed E-state index contributed by atoms with van der Waals surface area (Å²) >= 11 is 1.74. The molecule has 0 aromatic carbocycles. The van der Waals surface area contributed by atoms with Crippen molar-refractivity contribution in [1.82, 2.24) is 0 Å². The van der Waals surface area contributed by atoms with Crippen molar-refractivity contribution in [2.75, 3.05) is 0 Å². The van der Waals surface area contributed by atoms with E-state index in [0.29, 0.717) is 18.1 Å². The van der Waals surface area contributed by atoms with Gasteiger partial charge in [0.15, 0.2) is 5.78 Å². The molecule has 2 heteroatoms. The number of hydrogen-bond donors (Lipinski definition) is 0. The minimum Gasteiger partial charge on any atom is -0.293 e. The maximum atomic E-state index is 11.9. The van der Waals surface area contributed by atoms with Crippen molar-refractivity contribution < 1.29 is 4.79 Å². The van der Waals surface area contributed by atoms with Gasteiger partial charge < -0.3 is 0 Å². The van der Waals surface area contributed by atoms with Crippen LogP contribution in [0.1, 0.15) is 53.2 Å². The van der Waals surface area contributed by atoms with E-state index in [1.807, 2.05) is 0 Å². The van der Waals surface area contributed by atoms with Gasteiger partial charge in [0, 0.05) is 11.3 Å². The van der Waals surface area contributed by atoms with Gasteiger partial charge in [-0.25, -0.2) is 0 Å². The summed E-state index contributed by atoms with van der Waals surface area (Å²) in [4.78, 5) is 14.3. The van der Waals surface area contributed by atoms with Crippen LogP contribution in [0.25, 0.3) is 0 Å². The smallest absolute Gasteiger partial charge is 0.173 e. The highest BCUT2D eigenvalue weighted by Crippen LogP contribution is 2.30. The second-order valence-corrected chi connectivity index (χ2v) is 5.92. The highest BCUT2D eigenvalue weighted by atomic mass is 32.1. The summed E-state index contributed by atoms with van der Waals surface area (Å²) in [6, 6.07) is 2.14. The van der Waals surface area contributed by atoms with Gasteiger partial charge in [-0.2, -0.15) is 0 Å². The molecule has 0 saturated heterocycles. The van der Waals surface area contributed by atoms with Crippen molar-refractivity contribution in [2.24, 2.45) is 5.92 Å². The van der Waals surface area contributed by atoms with Gasteiger partial charge in [-0.3, -0.25) is 4.79 Å². The molecule has 0 radical (unpaired) electrons. The molecule has 1 nitrogen and oxygen atoms in total. The normalized spacial score (nSPS) is 15.4. The molecule has 0 bridgehead atoms. The van der Waals surface area contributed by atoms with Gasteiger partial charge in [0.2, 0.25) is 0 Å². The first-order valence-electron chi connectivity index (χ1n) is 5.81. The molecule has 0 N–H and O–H groups in total. The van der Waals surface area contributed by atoms with E-state index in [4.69, 9.17) is 0 Å². The Morgan fingerprint density at radius 3 is 2.80 bits per heavy atom. The highest BCUT2D eigenvalue weighted by molar-refractivity contribution is 7.14. The molecule has 1 heterocycles. The van der Waals surface area contributed by atoms with Crippen LogP contribution >= 0.6 is 11.3 Å². The monoisotopic (exact) mass is 222 g/mol. The minimum atomic E-state index is 0.337. The minimum absolute atomic E-state index is 0.337. The number of Topliss-reactive ketones (excluding diaryl/α,β-unsaturated/α-hetero) is 1. The first kappa shape index (κ1) is 10.9. The Labute approximate surface area is 95.5 Å². The number of carbonyl (C=O) groups excluding carboxylic acids is 1. The molecule has 0 fully saturated rings. The summed E-state index contributed by atoms with van der Waals surface area (Å²) in [5.41, 5.74) is 1.44. The molecule has 0 spiro atoms. The van der Waals surface area contributed by atoms with Crippen LogP contribution in [0.3, 0.4) is 0 Å². The third kappa shape index (κ3) is 2.49. The van der Waals surface area contributed by atoms with Crippen LogP contribution in [0, 0.1) is 5.92 Å². The fourth-order valence-electron chi connectivity index (χ4n) is 2.10. The topological polar surface area (TPSA) is 17.1 Å². The van der Waals surface area contributed by atoms with Gasteiger partial charge in [-0.15, -0.1) is 11.3 Å². The lowest BCUT2D eigenvalue weighted by atomic mass is 9.98. The van der Waals surface area contributed by atoms with E-state index in [-0.39, 0.29) is 0 Å². The van der Waals surface area contributed by atoms with Gasteiger partial charge in [0.1, 0.15) is 0 Å². The fourth-order valence-corrected chi connectivity index (χ4v) is 3.30. The average molecular weight is 222 g/mol. The van der Waals surface area contributed by atoms with Crippen molar-refractivity contribution in [3.8, 4) is 0 Å². The van der Waals surface area contributed by atoms with Crippen molar-refractivity contribution in [1.29, 1.82) is 0 Å². The molecule has 82 valence electrons. The second-order valence-electron chi connectivity index (χ2n) is 4.79. The third-order valence-electron chi connectivity index (χ3n) is 2.87. The van der Waals surface area contributed by atoms with Crippen LogP contribution in [0.15, 0.2) is 6.07 Å². The number of hydrogen-bond acceptors (Lipinski definition) is 2. The van der Waals surface area contributed by atoms with Crippen LogP contribution < -0.4 is 0 Å². The summed E-state index contributed by atoms with van der Waals surface area (Å²) in [5, 5.41) is 0. The largest absolute Gasteiger partial charge is 0.293 e. The van der Waals surface area contributed by atoms with Crippen LogP contribution in [0.4, 0.5) is 0 Å². The van der Waals surface area contributed by atoms with Crippen LogP contribution in [-0.4, -0.2) is 5.78 Å². The zero-order valence-corrected chi connectivity index (χ0v) is 10.3. The SMILES string of the molecule is CC(C)CC(=O)c1cc2c(s1)CCCC2. The zero-order valence-electron chi connectivity index (χ0n) is 9.51. The van der Waals surface area contributed by atoms with Crippen molar-refractivity contribution in [3.63, 3.8) is 0 Å². The quantitative estimate of drug-likeness (QED) is 0.710.